The van der Waals surface area contributed by atoms with Crippen LogP contribution in [0.1, 0.15) is 122 Å². The highest BCUT2D eigenvalue weighted by Gasteiger charge is 2.07. The van der Waals surface area contributed by atoms with Crippen molar-refractivity contribution in [2.45, 2.75) is 124 Å². The molecule has 8 nitrogen and oxygen atoms in total. The average Bonchev–Trinajstić information content (AvgIpc) is 2.88. The van der Waals surface area contributed by atoms with Crippen molar-refractivity contribution in [3.63, 3.8) is 0 Å². The summed E-state index contributed by atoms with van der Waals surface area (Å²) in [5.41, 5.74) is 6.03. The van der Waals surface area contributed by atoms with Crippen molar-refractivity contribution in [2.24, 2.45) is 5.73 Å². The number of anilines is 1. The summed E-state index contributed by atoms with van der Waals surface area (Å²) in [6.45, 7) is 6.09. The second-order valence-electron chi connectivity index (χ2n) is 10.6. The van der Waals surface area contributed by atoms with Gasteiger partial charge in [-0.05, 0) is 43.9 Å². The molecule has 0 saturated heterocycles. The molecule has 40 heavy (non-hydrogen) atoms. The number of rotatable bonds is 19. The van der Waals surface area contributed by atoms with Crippen LogP contribution in [0.4, 0.5) is 5.69 Å². The van der Waals surface area contributed by atoms with Gasteiger partial charge in [0.2, 0.25) is 17.7 Å². The molecular formula is C32H51N3O5. The zero-order valence-electron chi connectivity index (χ0n) is 24.9. The van der Waals surface area contributed by atoms with E-state index in [1.807, 2.05) is 19.1 Å². The molecule has 1 heterocycles. The van der Waals surface area contributed by atoms with E-state index in [0.29, 0.717) is 30.7 Å². The number of amides is 3. The lowest BCUT2D eigenvalue weighted by atomic mass is 10.1. The molecule has 8 heteroatoms. The summed E-state index contributed by atoms with van der Waals surface area (Å²) in [6, 6.07) is 6.81. The van der Waals surface area contributed by atoms with E-state index in [-0.39, 0.29) is 17.7 Å². The van der Waals surface area contributed by atoms with Crippen LogP contribution in [0.2, 0.25) is 0 Å². The predicted octanol–water partition coefficient (Wildman–Crippen LogP) is 6.91. The first-order chi connectivity index (χ1) is 19.2. The maximum Gasteiger partial charge on any atom is 0.336 e. The van der Waals surface area contributed by atoms with Crippen LogP contribution < -0.4 is 22.0 Å². The first-order valence-electron chi connectivity index (χ1n) is 15.1. The molecule has 0 saturated carbocycles. The molecule has 2 aromatic rings. The van der Waals surface area contributed by atoms with Gasteiger partial charge >= 0.3 is 5.63 Å². The highest BCUT2D eigenvalue weighted by molar-refractivity contribution is 5.93. The molecule has 0 bridgehead atoms. The minimum atomic E-state index is -0.394. The quantitative estimate of drug-likeness (QED) is 0.128. The second kappa shape index (κ2) is 21.6. The molecular weight excluding hydrogens is 506 g/mol. The Kier molecular flexibility index (Phi) is 18.9. The smallest absolute Gasteiger partial charge is 0.336 e. The first kappa shape index (κ1) is 34.9. The molecule has 1 aromatic carbocycles. The third-order valence-corrected chi connectivity index (χ3v) is 6.65. The molecule has 0 atom stereocenters. The highest BCUT2D eigenvalue weighted by Crippen LogP contribution is 2.21. The van der Waals surface area contributed by atoms with Crippen LogP contribution in [0.25, 0.3) is 11.0 Å². The summed E-state index contributed by atoms with van der Waals surface area (Å²) in [6.07, 6.45) is 17.7. The van der Waals surface area contributed by atoms with Crippen molar-refractivity contribution in [1.82, 2.24) is 5.32 Å². The van der Waals surface area contributed by atoms with Gasteiger partial charge in [0.25, 0.3) is 0 Å². The van der Waals surface area contributed by atoms with Gasteiger partial charge in [-0.3, -0.25) is 14.4 Å². The fraction of sp³-hybridized carbons (Fsp3) is 0.625. The number of carbonyl (C=O) groups excluding carboxylic acids is 3. The van der Waals surface area contributed by atoms with E-state index < -0.39 is 5.63 Å². The number of carbonyl (C=O) groups is 3. The highest BCUT2D eigenvalue weighted by atomic mass is 16.4. The van der Waals surface area contributed by atoms with Gasteiger partial charge in [0.15, 0.2) is 0 Å². The van der Waals surface area contributed by atoms with Crippen LogP contribution >= 0.6 is 0 Å². The summed E-state index contributed by atoms with van der Waals surface area (Å²) in [5, 5.41) is 6.72. The van der Waals surface area contributed by atoms with Crippen molar-refractivity contribution >= 4 is 34.4 Å². The Bertz CT molecular complexity index is 1080. The molecule has 4 N–H and O–H groups in total. The van der Waals surface area contributed by atoms with Crippen LogP contribution in [0.5, 0.6) is 0 Å². The van der Waals surface area contributed by atoms with Gasteiger partial charge in [0.1, 0.15) is 5.58 Å². The second-order valence-corrected chi connectivity index (χ2v) is 10.6. The normalized spacial score (nSPS) is 10.6. The summed E-state index contributed by atoms with van der Waals surface area (Å²) < 4.78 is 5.23. The van der Waals surface area contributed by atoms with Crippen molar-refractivity contribution in [3.8, 4) is 0 Å². The van der Waals surface area contributed by atoms with Gasteiger partial charge < -0.3 is 20.8 Å². The van der Waals surface area contributed by atoms with Crippen LogP contribution in [0.15, 0.2) is 33.5 Å². The number of unbranched alkanes of at least 4 members (excludes halogenated alkanes) is 12. The topological polar surface area (TPSA) is 132 Å². The van der Waals surface area contributed by atoms with Crippen molar-refractivity contribution in [3.05, 3.63) is 40.2 Å². The molecule has 0 radical (unpaired) electrons. The molecule has 0 aliphatic heterocycles. The Balaban J connectivity index is 0.00000187. The lowest BCUT2D eigenvalue weighted by Crippen LogP contribution is -2.24. The molecule has 2 rings (SSSR count). The van der Waals surface area contributed by atoms with E-state index in [1.165, 1.54) is 70.8 Å². The van der Waals surface area contributed by atoms with Crippen LogP contribution in [-0.2, 0) is 14.4 Å². The lowest BCUT2D eigenvalue weighted by molar-refractivity contribution is -0.121. The zero-order valence-corrected chi connectivity index (χ0v) is 24.9. The Morgan fingerprint density at radius 2 is 1.30 bits per heavy atom. The van der Waals surface area contributed by atoms with Crippen LogP contribution in [-0.4, -0.2) is 24.3 Å². The number of benzene rings is 1. The Labute approximate surface area is 239 Å². The molecule has 0 unspecified atom stereocenters. The van der Waals surface area contributed by atoms with Crippen LogP contribution in [0, 0.1) is 6.92 Å². The van der Waals surface area contributed by atoms with Gasteiger partial charge in [-0.1, -0.05) is 77.6 Å². The van der Waals surface area contributed by atoms with Gasteiger partial charge in [-0.2, -0.15) is 0 Å². The fourth-order valence-corrected chi connectivity index (χ4v) is 4.48. The van der Waals surface area contributed by atoms with E-state index in [4.69, 9.17) is 4.42 Å². The molecule has 224 valence electrons. The van der Waals surface area contributed by atoms with Gasteiger partial charge in [-0.15, -0.1) is 0 Å². The SMILES string of the molecule is CC(N)=O.CCCCCCCCCCCCCC(=O)NCCCCCC(=O)Nc1ccc2c(C)cc(=O)oc2c1. The Morgan fingerprint density at radius 1 is 0.775 bits per heavy atom. The Hall–Kier alpha value is -3.16. The largest absolute Gasteiger partial charge is 0.423 e. The molecule has 1 aromatic heterocycles. The molecule has 0 aliphatic carbocycles. The maximum absolute atomic E-state index is 12.2. The standard InChI is InChI=1S/C30H46N2O4.C2H5NO/c1-3-4-5-6-7-8-9-10-11-12-14-17-28(33)31-21-16-13-15-18-29(34)32-25-19-20-26-24(2)22-30(35)36-27(26)23-25;1-2(3)4/h19-20,22-23H,3-18,21H2,1-2H3,(H,31,33)(H,32,34);1H3,(H2,3,4). The first-order valence-corrected chi connectivity index (χ1v) is 15.1. The van der Waals surface area contributed by atoms with E-state index in [1.54, 1.807) is 6.07 Å². The van der Waals surface area contributed by atoms with Gasteiger partial charge in [0, 0.05) is 49.5 Å². The van der Waals surface area contributed by atoms with E-state index in [0.717, 1.165) is 43.1 Å². The number of aryl methyl sites for hydroxylation is 1. The van der Waals surface area contributed by atoms with Gasteiger partial charge in [-0.25, -0.2) is 4.79 Å². The van der Waals surface area contributed by atoms with E-state index >= 15 is 0 Å². The third-order valence-electron chi connectivity index (χ3n) is 6.65. The number of fused-ring (bicyclic) bond motifs is 1. The average molecular weight is 558 g/mol. The number of hydrogen-bond acceptors (Lipinski definition) is 5. The summed E-state index contributed by atoms with van der Waals surface area (Å²) in [4.78, 5) is 45.0. The predicted molar refractivity (Wildman–Crippen MR) is 163 cm³/mol. The fourth-order valence-electron chi connectivity index (χ4n) is 4.48. The molecule has 0 spiro atoms. The molecule has 0 fully saturated rings. The van der Waals surface area contributed by atoms with Crippen molar-refractivity contribution in [2.75, 3.05) is 11.9 Å². The number of primary amides is 1. The number of nitrogens with two attached hydrogens (primary N) is 1. The van der Waals surface area contributed by atoms with Crippen molar-refractivity contribution in [1.29, 1.82) is 0 Å². The van der Waals surface area contributed by atoms with Crippen LogP contribution in [0.3, 0.4) is 0 Å². The minimum Gasteiger partial charge on any atom is -0.423 e. The molecule has 0 aliphatic rings. The van der Waals surface area contributed by atoms with E-state index in [9.17, 15) is 19.2 Å². The van der Waals surface area contributed by atoms with E-state index in [2.05, 4.69) is 23.3 Å². The monoisotopic (exact) mass is 557 g/mol. The summed E-state index contributed by atoms with van der Waals surface area (Å²) in [7, 11) is 0. The Morgan fingerprint density at radius 3 is 1.90 bits per heavy atom. The summed E-state index contributed by atoms with van der Waals surface area (Å²) in [5.74, 6) is -0.258. The number of hydrogen-bond donors (Lipinski definition) is 3. The third kappa shape index (κ3) is 17.4. The molecule has 3 amide bonds. The zero-order chi connectivity index (χ0) is 29.6. The summed E-state index contributed by atoms with van der Waals surface area (Å²) >= 11 is 0. The number of nitrogens with one attached hydrogen (secondary N) is 2. The minimum absolute atomic E-state index is 0.0649. The lowest BCUT2D eigenvalue weighted by Gasteiger charge is -2.08. The maximum atomic E-state index is 12.2. The van der Waals surface area contributed by atoms with Crippen molar-refractivity contribution < 1.29 is 18.8 Å². The van der Waals surface area contributed by atoms with Gasteiger partial charge in [0.05, 0.1) is 0 Å².